The van der Waals surface area contributed by atoms with Crippen LogP contribution in [0.25, 0.3) is 0 Å². The Morgan fingerprint density at radius 2 is 2.00 bits per heavy atom. The lowest BCUT2D eigenvalue weighted by Crippen LogP contribution is -2.20. The number of carbonyl (C=O) groups excluding carboxylic acids is 1. The van der Waals surface area contributed by atoms with Crippen LogP contribution in [0.2, 0.25) is 10.0 Å². The summed E-state index contributed by atoms with van der Waals surface area (Å²) in [5.41, 5.74) is 1.16. The van der Waals surface area contributed by atoms with Crippen molar-refractivity contribution in [2.45, 2.75) is 6.92 Å². The highest BCUT2D eigenvalue weighted by Crippen LogP contribution is 2.27. The van der Waals surface area contributed by atoms with Crippen molar-refractivity contribution in [3.05, 3.63) is 57.8 Å². The Morgan fingerprint density at radius 1 is 1.24 bits per heavy atom. The van der Waals surface area contributed by atoms with Gasteiger partial charge in [-0.1, -0.05) is 29.3 Å². The topological polar surface area (TPSA) is 38.3 Å². The molecule has 0 bridgehead atoms. The van der Waals surface area contributed by atoms with E-state index in [1.54, 1.807) is 25.1 Å². The molecule has 0 spiro atoms. The number of benzene rings is 2. The molecule has 0 aliphatic carbocycles. The minimum Gasteiger partial charge on any atom is -0.482 e. The molecule has 0 aromatic heterocycles. The molecule has 2 aromatic carbocycles. The molecular weight excluding hydrogens is 316 g/mol. The third-order valence-corrected chi connectivity index (χ3v) is 3.27. The van der Waals surface area contributed by atoms with E-state index in [0.29, 0.717) is 21.5 Å². The van der Waals surface area contributed by atoms with Crippen LogP contribution < -0.4 is 10.1 Å². The standard InChI is InChI=1S/C15H12Cl2FNO2/c1-9-2-4-11(18)7-13(9)19-15(20)8-21-14-6-10(16)3-5-12(14)17/h2-7H,8H2,1H3,(H,19,20). The smallest absolute Gasteiger partial charge is 0.262 e. The van der Waals surface area contributed by atoms with Crippen LogP contribution in [-0.4, -0.2) is 12.5 Å². The summed E-state index contributed by atoms with van der Waals surface area (Å²) in [6.45, 7) is 1.51. The fourth-order valence-electron chi connectivity index (χ4n) is 1.65. The zero-order chi connectivity index (χ0) is 15.4. The van der Waals surface area contributed by atoms with Crippen molar-refractivity contribution in [1.82, 2.24) is 0 Å². The Hall–Kier alpha value is -1.78. The number of hydrogen-bond acceptors (Lipinski definition) is 2. The minimum atomic E-state index is -0.422. The van der Waals surface area contributed by atoms with E-state index < -0.39 is 11.7 Å². The van der Waals surface area contributed by atoms with Gasteiger partial charge in [0.1, 0.15) is 11.6 Å². The predicted molar refractivity (Wildman–Crippen MR) is 81.7 cm³/mol. The zero-order valence-corrected chi connectivity index (χ0v) is 12.6. The normalized spacial score (nSPS) is 10.3. The number of nitrogens with one attached hydrogen (secondary N) is 1. The number of carbonyl (C=O) groups is 1. The van der Waals surface area contributed by atoms with Crippen LogP contribution in [0.15, 0.2) is 36.4 Å². The third kappa shape index (κ3) is 4.34. The van der Waals surface area contributed by atoms with Crippen molar-refractivity contribution in [2.75, 3.05) is 11.9 Å². The van der Waals surface area contributed by atoms with Crippen molar-refractivity contribution in [1.29, 1.82) is 0 Å². The Labute approximate surface area is 131 Å². The lowest BCUT2D eigenvalue weighted by atomic mass is 10.2. The molecule has 0 atom stereocenters. The van der Waals surface area contributed by atoms with Crippen LogP contribution >= 0.6 is 23.2 Å². The number of ether oxygens (including phenoxy) is 1. The van der Waals surface area contributed by atoms with E-state index in [9.17, 15) is 9.18 Å². The summed E-state index contributed by atoms with van der Waals surface area (Å²) < 4.78 is 18.4. The molecule has 0 heterocycles. The summed E-state index contributed by atoms with van der Waals surface area (Å²) in [5, 5.41) is 3.39. The van der Waals surface area contributed by atoms with Crippen molar-refractivity contribution in [3.63, 3.8) is 0 Å². The molecular formula is C15H12Cl2FNO2. The van der Waals surface area contributed by atoms with Gasteiger partial charge in [0.25, 0.3) is 5.91 Å². The molecule has 0 aliphatic heterocycles. The summed E-state index contributed by atoms with van der Waals surface area (Å²) in [7, 11) is 0. The highest BCUT2D eigenvalue weighted by Gasteiger charge is 2.09. The van der Waals surface area contributed by atoms with Gasteiger partial charge in [-0.25, -0.2) is 4.39 Å². The second kappa shape index (κ2) is 6.78. The van der Waals surface area contributed by atoms with Crippen molar-refractivity contribution < 1.29 is 13.9 Å². The van der Waals surface area contributed by atoms with Crippen LogP contribution in [0.5, 0.6) is 5.75 Å². The van der Waals surface area contributed by atoms with Gasteiger partial charge in [-0.2, -0.15) is 0 Å². The molecule has 2 rings (SSSR count). The number of halogens is 3. The first-order chi connectivity index (χ1) is 9.95. The molecule has 0 saturated carbocycles. The molecule has 3 nitrogen and oxygen atoms in total. The van der Waals surface area contributed by atoms with Gasteiger partial charge in [-0.3, -0.25) is 4.79 Å². The molecule has 0 aliphatic rings. The molecule has 6 heteroatoms. The summed E-state index contributed by atoms with van der Waals surface area (Å²) in [6.07, 6.45) is 0. The van der Waals surface area contributed by atoms with Gasteiger partial charge < -0.3 is 10.1 Å². The van der Waals surface area contributed by atoms with Gasteiger partial charge in [0.15, 0.2) is 6.61 Å². The van der Waals surface area contributed by atoms with Crippen LogP contribution in [-0.2, 0) is 4.79 Å². The Bertz CT molecular complexity index is 677. The zero-order valence-electron chi connectivity index (χ0n) is 11.1. The lowest BCUT2D eigenvalue weighted by Gasteiger charge is -2.10. The predicted octanol–water partition coefficient (Wildman–Crippen LogP) is 4.46. The first kappa shape index (κ1) is 15.6. The van der Waals surface area contributed by atoms with Gasteiger partial charge in [-0.15, -0.1) is 0 Å². The Morgan fingerprint density at radius 3 is 2.76 bits per heavy atom. The van der Waals surface area contributed by atoms with Gasteiger partial charge in [0.05, 0.1) is 5.02 Å². The van der Waals surface area contributed by atoms with Crippen LogP contribution in [0, 0.1) is 12.7 Å². The SMILES string of the molecule is Cc1ccc(F)cc1NC(=O)COc1cc(Cl)ccc1Cl. The highest BCUT2D eigenvalue weighted by molar-refractivity contribution is 6.34. The molecule has 0 radical (unpaired) electrons. The fourth-order valence-corrected chi connectivity index (χ4v) is 1.98. The van der Waals surface area contributed by atoms with Crippen LogP contribution in [0.3, 0.4) is 0 Å². The molecule has 1 amide bonds. The molecule has 0 saturated heterocycles. The summed E-state index contributed by atoms with van der Waals surface area (Å²) in [6, 6.07) is 8.87. The van der Waals surface area contributed by atoms with Crippen molar-refractivity contribution >= 4 is 34.8 Å². The van der Waals surface area contributed by atoms with Crippen LogP contribution in [0.4, 0.5) is 10.1 Å². The Balaban J connectivity index is 1.99. The number of rotatable bonds is 4. The second-order valence-electron chi connectivity index (χ2n) is 4.37. The van der Waals surface area contributed by atoms with Crippen molar-refractivity contribution in [2.24, 2.45) is 0 Å². The summed E-state index contributed by atoms with van der Waals surface area (Å²) in [5.74, 6) is -0.523. The average molecular weight is 328 g/mol. The van der Waals surface area contributed by atoms with Gasteiger partial charge in [-0.05, 0) is 36.8 Å². The molecule has 110 valence electrons. The second-order valence-corrected chi connectivity index (χ2v) is 5.21. The van der Waals surface area contributed by atoms with E-state index in [4.69, 9.17) is 27.9 Å². The number of hydrogen-bond donors (Lipinski definition) is 1. The largest absolute Gasteiger partial charge is 0.482 e. The first-order valence-electron chi connectivity index (χ1n) is 6.09. The van der Waals surface area contributed by atoms with Gasteiger partial charge >= 0.3 is 0 Å². The quantitative estimate of drug-likeness (QED) is 0.900. The maximum atomic E-state index is 13.1. The monoisotopic (exact) mass is 327 g/mol. The van der Waals surface area contributed by atoms with Crippen molar-refractivity contribution in [3.8, 4) is 5.75 Å². The lowest BCUT2D eigenvalue weighted by molar-refractivity contribution is -0.118. The first-order valence-corrected chi connectivity index (χ1v) is 6.85. The Kier molecular flexibility index (Phi) is 5.04. The molecule has 1 N–H and O–H groups in total. The molecule has 2 aromatic rings. The summed E-state index contributed by atoms with van der Waals surface area (Å²) >= 11 is 11.7. The number of amides is 1. The average Bonchev–Trinajstić information content (AvgIpc) is 2.44. The van der Waals surface area contributed by atoms with Gasteiger partial charge in [0, 0.05) is 16.8 Å². The van der Waals surface area contributed by atoms with Crippen LogP contribution in [0.1, 0.15) is 5.56 Å². The number of anilines is 1. The van der Waals surface area contributed by atoms with E-state index in [-0.39, 0.29) is 6.61 Å². The fraction of sp³-hybridized carbons (Fsp3) is 0.133. The van der Waals surface area contributed by atoms with E-state index in [2.05, 4.69) is 5.32 Å². The molecule has 0 fully saturated rings. The van der Waals surface area contributed by atoms with E-state index in [1.165, 1.54) is 18.2 Å². The minimum absolute atomic E-state index is 0.254. The molecule has 21 heavy (non-hydrogen) atoms. The van der Waals surface area contributed by atoms with E-state index in [1.807, 2.05) is 0 Å². The molecule has 0 unspecified atom stereocenters. The van der Waals surface area contributed by atoms with E-state index >= 15 is 0 Å². The maximum Gasteiger partial charge on any atom is 0.262 e. The van der Waals surface area contributed by atoms with Gasteiger partial charge in [0.2, 0.25) is 0 Å². The maximum absolute atomic E-state index is 13.1. The number of aryl methyl sites for hydroxylation is 1. The summed E-state index contributed by atoms with van der Waals surface area (Å²) in [4.78, 5) is 11.8. The highest BCUT2D eigenvalue weighted by atomic mass is 35.5. The third-order valence-electron chi connectivity index (χ3n) is 2.73. The van der Waals surface area contributed by atoms with E-state index in [0.717, 1.165) is 5.56 Å².